The molecule has 0 spiro atoms. The third-order valence-electron chi connectivity index (χ3n) is 4.90. The van der Waals surface area contributed by atoms with E-state index in [-0.39, 0.29) is 5.78 Å². The molecular weight excluding hydrogens is 268 g/mol. The molecule has 5 nitrogen and oxygen atoms in total. The van der Waals surface area contributed by atoms with E-state index in [4.69, 9.17) is 4.74 Å². The quantitative estimate of drug-likeness (QED) is 0.565. The average Bonchev–Trinajstić information content (AvgIpc) is 2.86. The van der Waals surface area contributed by atoms with Crippen LogP contribution in [0.5, 0.6) is 0 Å². The molecule has 0 radical (unpaired) electrons. The zero-order chi connectivity index (χ0) is 15.6. The Hall–Kier alpha value is -0.940. The van der Waals surface area contributed by atoms with E-state index in [1.165, 1.54) is 19.4 Å². The molecule has 0 saturated carbocycles. The summed E-state index contributed by atoms with van der Waals surface area (Å²) in [7, 11) is 0. The van der Waals surface area contributed by atoms with Crippen LogP contribution in [0, 0.1) is 5.41 Å². The van der Waals surface area contributed by atoms with Gasteiger partial charge in [-0.05, 0) is 47.1 Å². The Morgan fingerprint density at radius 2 is 2.00 bits per heavy atom. The first-order valence-corrected chi connectivity index (χ1v) is 8.05. The van der Waals surface area contributed by atoms with Gasteiger partial charge in [-0.1, -0.05) is 0 Å². The standard InChI is InChI=1S/C16H28N2O3/c1-5-21-15(20)16(3,4)14(19)11-18-10-13-7-6-8-17(13)9-12(18)2/h12-13H,5-11H2,1-4H3. The molecule has 0 bridgehead atoms. The molecule has 0 N–H and O–H groups in total. The lowest BCUT2D eigenvalue weighted by atomic mass is 9.87. The third-order valence-corrected chi connectivity index (χ3v) is 4.90. The van der Waals surface area contributed by atoms with Crippen LogP contribution < -0.4 is 0 Å². The fourth-order valence-corrected chi connectivity index (χ4v) is 3.28. The second-order valence-electron chi connectivity index (χ2n) is 6.84. The second kappa shape index (κ2) is 6.44. The summed E-state index contributed by atoms with van der Waals surface area (Å²) >= 11 is 0. The lowest BCUT2D eigenvalue weighted by Gasteiger charge is -2.42. The Bertz CT molecular complexity index is 408. The number of nitrogens with zero attached hydrogens (tertiary/aromatic N) is 2. The fraction of sp³-hybridized carbons (Fsp3) is 0.875. The molecule has 2 aliphatic heterocycles. The van der Waals surface area contributed by atoms with E-state index in [0.717, 1.165) is 13.1 Å². The van der Waals surface area contributed by atoms with Crippen LogP contribution in [0.1, 0.15) is 40.5 Å². The predicted molar refractivity (Wildman–Crippen MR) is 81.1 cm³/mol. The summed E-state index contributed by atoms with van der Waals surface area (Å²) in [6.07, 6.45) is 2.48. The van der Waals surface area contributed by atoms with Gasteiger partial charge in [0, 0.05) is 25.2 Å². The van der Waals surface area contributed by atoms with Crippen molar-refractivity contribution in [3.05, 3.63) is 0 Å². The van der Waals surface area contributed by atoms with Crippen molar-refractivity contribution in [3.63, 3.8) is 0 Å². The summed E-state index contributed by atoms with van der Waals surface area (Å²) in [6.45, 7) is 11.1. The van der Waals surface area contributed by atoms with Crippen LogP contribution in [0.2, 0.25) is 0 Å². The lowest BCUT2D eigenvalue weighted by Crippen LogP contribution is -2.57. The highest BCUT2D eigenvalue weighted by Gasteiger charge is 2.41. The number of esters is 1. The number of carbonyl (C=O) groups is 2. The second-order valence-corrected chi connectivity index (χ2v) is 6.84. The zero-order valence-electron chi connectivity index (χ0n) is 13.7. The van der Waals surface area contributed by atoms with E-state index in [1.54, 1.807) is 20.8 Å². The van der Waals surface area contributed by atoms with Crippen LogP contribution in [0.4, 0.5) is 0 Å². The maximum absolute atomic E-state index is 12.5. The van der Waals surface area contributed by atoms with E-state index in [2.05, 4.69) is 16.7 Å². The van der Waals surface area contributed by atoms with Crippen molar-refractivity contribution >= 4 is 11.8 Å². The van der Waals surface area contributed by atoms with Crippen LogP contribution in [-0.4, -0.2) is 66.4 Å². The van der Waals surface area contributed by atoms with Crippen molar-refractivity contribution in [1.29, 1.82) is 0 Å². The topological polar surface area (TPSA) is 49.9 Å². The van der Waals surface area contributed by atoms with Crippen LogP contribution >= 0.6 is 0 Å². The van der Waals surface area contributed by atoms with Gasteiger partial charge in [-0.15, -0.1) is 0 Å². The maximum atomic E-state index is 12.5. The molecule has 2 rings (SSSR count). The van der Waals surface area contributed by atoms with Gasteiger partial charge in [-0.25, -0.2) is 0 Å². The number of hydrogen-bond donors (Lipinski definition) is 0. The predicted octanol–water partition coefficient (Wildman–Crippen LogP) is 1.31. The summed E-state index contributed by atoms with van der Waals surface area (Å²) < 4.78 is 5.03. The molecule has 0 amide bonds. The van der Waals surface area contributed by atoms with E-state index >= 15 is 0 Å². The monoisotopic (exact) mass is 296 g/mol. The number of Topliss-reactive ketones (excluding diaryl/α,β-unsaturated/α-hetero) is 1. The smallest absolute Gasteiger partial charge is 0.319 e. The Balaban J connectivity index is 1.96. The first-order valence-electron chi connectivity index (χ1n) is 8.05. The molecule has 0 aromatic carbocycles. The van der Waals surface area contributed by atoms with Crippen molar-refractivity contribution in [3.8, 4) is 0 Å². The Morgan fingerprint density at radius 1 is 1.29 bits per heavy atom. The van der Waals surface area contributed by atoms with Crippen LogP contribution in [-0.2, 0) is 14.3 Å². The SMILES string of the molecule is CCOC(=O)C(C)(C)C(=O)CN1CC2CCCN2CC1C. The van der Waals surface area contributed by atoms with Gasteiger partial charge in [-0.2, -0.15) is 0 Å². The first-order chi connectivity index (χ1) is 9.86. The van der Waals surface area contributed by atoms with Gasteiger partial charge in [0.05, 0.1) is 13.2 Å². The van der Waals surface area contributed by atoms with Crippen LogP contribution in [0.15, 0.2) is 0 Å². The molecule has 2 aliphatic rings. The molecule has 0 aromatic rings. The summed E-state index contributed by atoms with van der Waals surface area (Å²) in [5.41, 5.74) is -1.05. The number of fused-ring (bicyclic) bond motifs is 1. The van der Waals surface area contributed by atoms with Gasteiger partial charge >= 0.3 is 5.97 Å². The third kappa shape index (κ3) is 3.46. The molecule has 0 aliphatic carbocycles. The van der Waals surface area contributed by atoms with Crippen molar-refractivity contribution in [2.24, 2.45) is 5.41 Å². The molecule has 120 valence electrons. The van der Waals surface area contributed by atoms with Crippen LogP contribution in [0.3, 0.4) is 0 Å². The normalized spacial score (nSPS) is 27.4. The minimum Gasteiger partial charge on any atom is -0.465 e. The molecule has 2 fully saturated rings. The highest BCUT2D eigenvalue weighted by molar-refractivity contribution is 6.03. The van der Waals surface area contributed by atoms with Crippen molar-refractivity contribution in [2.75, 3.05) is 32.8 Å². The number of carbonyl (C=O) groups excluding carboxylic acids is 2. The van der Waals surface area contributed by atoms with Crippen molar-refractivity contribution in [1.82, 2.24) is 9.80 Å². The van der Waals surface area contributed by atoms with Gasteiger partial charge in [0.1, 0.15) is 5.41 Å². The summed E-state index contributed by atoms with van der Waals surface area (Å²) in [4.78, 5) is 29.2. The van der Waals surface area contributed by atoms with E-state index in [9.17, 15) is 9.59 Å². The van der Waals surface area contributed by atoms with E-state index in [1.807, 2.05) is 0 Å². The van der Waals surface area contributed by atoms with Crippen molar-refractivity contribution < 1.29 is 14.3 Å². The molecule has 0 aromatic heterocycles. The van der Waals surface area contributed by atoms with Gasteiger partial charge < -0.3 is 4.74 Å². The first kappa shape index (κ1) is 16.4. The molecule has 2 heterocycles. The molecule has 2 atom stereocenters. The minimum absolute atomic E-state index is 0.0424. The lowest BCUT2D eigenvalue weighted by molar-refractivity contribution is -0.158. The highest BCUT2D eigenvalue weighted by Crippen LogP contribution is 2.26. The Labute approximate surface area is 127 Å². The molecule has 5 heteroatoms. The highest BCUT2D eigenvalue weighted by atomic mass is 16.5. The van der Waals surface area contributed by atoms with Crippen molar-refractivity contribution in [2.45, 2.75) is 52.6 Å². The zero-order valence-corrected chi connectivity index (χ0v) is 13.7. The molecule has 2 saturated heterocycles. The maximum Gasteiger partial charge on any atom is 0.319 e. The summed E-state index contributed by atoms with van der Waals surface area (Å²) in [5.74, 6) is -0.457. The Kier molecular flexibility index (Phi) is 5.04. The summed E-state index contributed by atoms with van der Waals surface area (Å²) in [5, 5.41) is 0. The summed E-state index contributed by atoms with van der Waals surface area (Å²) in [6, 6.07) is 0.945. The minimum atomic E-state index is -1.05. The van der Waals surface area contributed by atoms with Crippen LogP contribution in [0.25, 0.3) is 0 Å². The van der Waals surface area contributed by atoms with E-state index < -0.39 is 11.4 Å². The molecule has 2 unspecified atom stereocenters. The number of ether oxygens (including phenoxy) is 1. The fourth-order valence-electron chi connectivity index (χ4n) is 3.28. The number of piperazine rings is 1. The number of hydrogen-bond acceptors (Lipinski definition) is 5. The van der Waals surface area contributed by atoms with Gasteiger partial charge in [0.25, 0.3) is 0 Å². The van der Waals surface area contributed by atoms with Gasteiger partial charge in [0.15, 0.2) is 5.78 Å². The Morgan fingerprint density at radius 3 is 2.67 bits per heavy atom. The number of rotatable bonds is 5. The van der Waals surface area contributed by atoms with Gasteiger partial charge in [-0.3, -0.25) is 19.4 Å². The van der Waals surface area contributed by atoms with E-state index in [0.29, 0.717) is 25.2 Å². The number of ketones is 1. The average molecular weight is 296 g/mol. The largest absolute Gasteiger partial charge is 0.465 e. The van der Waals surface area contributed by atoms with Gasteiger partial charge in [0.2, 0.25) is 0 Å². The molecule has 21 heavy (non-hydrogen) atoms. The molecular formula is C16H28N2O3.